The molecular weight excluding hydrogens is 305 g/mol. The van der Waals surface area contributed by atoms with Gasteiger partial charge in [0.2, 0.25) is 0 Å². The van der Waals surface area contributed by atoms with Gasteiger partial charge in [-0.1, -0.05) is 18.5 Å². The predicted molar refractivity (Wildman–Crippen MR) is 86.0 cm³/mol. The van der Waals surface area contributed by atoms with Crippen molar-refractivity contribution in [2.45, 2.75) is 39.7 Å². The minimum absolute atomic E-state index is 0.0288. The summed E-state index contributed by atoms with van der Waals surface area (Å²) < 4.78 is 15.0. The Morgan fingerprint density at radius 1 is 1.41 bits per heavy atom. The Morgan fingerprint density at radius 3 is 2.64 bits per heavy atom. The van der Waals surface area contributed by atoms with Crippen LogP contribution in [0.5, 0.6) is 0 Å². The summed E-state index contributed by atoms with van der Waals surface area (Å²) in [5.41, 5.74) is 1.61. The van der Waals surface area contributed by atoms with Crippen LogP contribution in [0.3, 0.4) is 0 Å². The number of anilines is 1. The summed E-state index contributed by atoms with van der Waals surface area (Å²) in [4.78, 5) is 12.4. The number of amides is 1. The highest BCUT2D eigenvalue weighted by Gasteiger charge is 2.23. The number of nitrogens with zero attached hydrogens (tertiary/aromatic N) is 2. The van der Waals surface area contributed by atoms with Gasteiger partial charge < -0.3 is 5.32 Å². The molecule has 0 saturated carbocycles. The number of aromatic nitrogens is 2. The fraction of sp³-hybridized carbons (Fsp3) is 0.375. The van der Waals surface area contributed by atoms with Crippen molar-refractivity contribution in [1.82, 2.24) is 9.78 Å². The third kappa shape index (κ3) is 3.30. The summed E-state index contributed by atoms with van der Waals surface area (Å²) in [7, 11) is 0. The summed E-state index contributed by atoms with van der Waals surface area (Å²) >= 11 is 5.72. The first-order valence-electron chi connectivity index (χ1n) is 7.07. The number of hydrogen-bond donors (Lipinski definition) is 1. The maximum absolute atomic E-state index is 13.2. The molecule has 1 heterocycles. The summed E-state index contributed by atoms with van der Waals surface area (Å²) in [5, 5.41) is 7.02. The monoisotopic (exact) mass is 323 g/mol. The minimum atomic E-state index is -0.519. The Kier molecular flexibility index (Phi) is 4.56. The number of carbonyl (C=O) groups is 1. The molecule has 0 fully saturated rings. The molecule has 6 heteroatoms. The van der Waals surface area contributed by atoms with Crippen LogP contribution in [0.15, 0.2) is 24.4 Å². The lowest BCUT2D eigenvalue weighted by Gasteiger charge is -2.22. The van der Waals surface area contributed by atoms with Crippen molar-refractivity contribution in [3.8, 4) is 0 Å². The van der Waals surface area contributed by atoms with E-state index in [2.05, 4.69) is 10.4 Å². The fourth-order valence-electron chi connectivity index (χ4n) is 2.25. The van der Waals surface area contributed by atoms with Crippen LogP contribution in [0.25, 0.3) is 0 Å². The second-order valence-corrected chi connectivity index (χ2v) is 6.43. The number of rotatable bonds is 3. The van der Waals surface area contributed by atoms with Crippen LogP contribution in [0.4, 0.5) is 10.1 Å². The van der Waals surface area contributed by atoms with Crippen LogP contribution in [-0.2, 0) is 12.0 Å². The van der Waals surface area contributed by atoms with Crippen molar-refractivity contribution in [2.24, 2.45) is 0 Å². The average molecular weight is 324 g/mol. The topological polar surface area (TPSA) is 46.9 Å². The van der Waals surface area contributed by atoms with Gasteiger partial charge in [0.15, 0.2) is 0 Å². The quantitative estimate of drug-likeness (QED) is 0.918. The van der Waals surface area contributed by atoms with Crippen molar-refractivity contribution in [3.63, 3.8) is 0 Å². The summed E-state index contributed by atoms with van der Waals surface area (Å²) in [5.74, 6) is -0.801. The van der Waals surface area contributed by atoms with Gasteiger partial charge in [0.05, 0.1) is 28.0 Å². The molecule has 1 amide bonds. The van der Waals surface area contributed by atoms with Gasteiger partial charge in [0.1, 0.15) is 5.82 Å². The first-order chi connectivity index (χ1) is 10.2. The second-order valence-electron chi connectivity index (χ2n) is 6.02. The van der Waals surface area contributed by atoms with Gasteiger partial charge in [0.25, 0.3) is 5.91 Å². The van der Waals surface area contributed by atoms with Crippen LogP contribution < -0.4 is 5.32 Å². The van der Waals surface area contributed by atoms with Crippen LogP contribution in [-0.4, -0.2) is 15.7 Å². The van der Waals surface area contributed by atoms with Crippen molar-refractivity contribution >= 4 is 23.2 Å². The molecule has 0 aliphatic heterocycles. The second kappa shape index (κ2) is 6.08. The molecule has 0 saturated heterocycles. The molecule has 0 bridgehead atoms. The molecule has 2 rings (SSSR count). The molecule has 0 aliphatic rings. The third-order valence-corrected chi connectivity index (χ3v) is 3.55. The van der Waals surface area contributed by atoms with Gasteiger partial charge in [-0.15, -0.1) is 0 Å². The van der Waals surface area contributed by atoms with Crippen molar-refractivity contribution in [3.05, 3.63) is 46.5 Å². The maximum Gasteiger partial charge on any atom is 0.259 e. The molecule has 0 atom stereocenters. The van der Waals surface area contributed by atoms with E-state index in [1.165, 1.54) is 18.2 Å². The third-order valence-electron chi connectivity index (χ3n) is 3.26. The van der Waals surface area contributed by atoms with E-state index in [4.69, 9.17) is 11.6 Å². The molecule has 4 nitrogen and oxygen atoms in total. The molecule has 22 heavy (non-hydrogen) atoms. The number of nitrogens with one attached hydrogen (secondary N) is 1. The summed E-state index contributed by atoms with van der Waals surface area (Å²) in [6, 6.07) is 4.07. The first kappa shape index (κ1) is 16.5. The zero-order valence-electron chi connectivity index (χ0n) is 13.1. The molecule has 0 aliphatic carbocycles. The van der Waals surface area contributed by atoms with E-state index < -0.39 is 5.82 Å². The van der Waals surface area contributed by atoms with E-state index in [9.17, 15) is 9.18 Å². The zero-order valence-corrected chi connectivity index (χ0v) is 13.8. The first-order valence-corrected chi connectivity index (χ1v) is 7.45. The Labute approximate surface area is 134 Å². The van der Waals surface area contributed by atoms with E-state index in [-0.39, 0.29) is 16.5 Å². The number of halogens is 2. The molecule has 0 spiro atoms. The SMILES string of the molecule is CCc1c(C(=O)Nc2ccc(F)c(Cl)c2)cnn1C(C)(C)C. The zero-order chi connectivity index (χ0) is 16.5. The van der Waals surface area contributed by atoms with Crippen molar-refractivity contribution in [1.29, 1.82) is 0 Å². The Balaban J connectivity index is 2.30. The Morgan fingerprint density at radius 2 is 2.09 bits per heavy atom. The molecule has 0 radical (unpaired) electrons. The largest absolute Gasteiger partial charge is 0.322 e. The Hall–Kier alpha value is -1.88. The van der Waals surface area contributed by atoms with Gasteiger partial charge in [0, 0.05) is 5.69 Å². The molecule has 1 N–H and O–H groups in total. The standard InChI is InChI=1S/C16H19ClFN3O/c1-5-14-11(9-19-21(14)16(2,3)4)15(22)20-10-6-7-13(18)12(17)8-10/h6-9H,5H2,1-4H3,(H,20,22). The highest BCUT2D eigenvalue weighted by atomic mass is 35.5. The van der Waals surface area contributed by atoms with Gasteiger partial charge >= 0.3 is 0 Å². The molecule has 0 unspecified atom stereocenters. The normalized spacial score (nSPS) is 11.5. The molecular formula is C16H19ClFN3O. The number of hydrogen-bond acceptors (Lipinski definition) is 2. The fourth-order valence-corrected chi connectivity index (χ4v) is 2.43. The van der Waals surface area contributed by atoms with E-state index in [1.807, 2.05) is 32.4 Å². The molecule has 1 aromatic carbocycles. The number of benzene rings is 1. The lowest BCUT2D eigenvalue weighted by atomic mass is 10.1. The van der Waals surface area contributed by atoms with E-state index >= 15 is 0 Å². The molecule has 1 aromatic heterocycles. The van der Waals surface area contributed by atoms with E-state index in [0.29, 0.717) is 17.7 Å². The summed E-state index contributed by atoms with van der Waals surface area (Å²) in [6.45, 7) is 8.06. The predicted octanol–water partition coefficient (Wildman–Crippen LogP) is 4.25. The average Bonchev–Trinajstić information content (AvgIpc) is 2.86. The van der Waals surface area contributed by atoms with Gasteiger partial charge in [-0.3, -0.25) is 9.48 Å². The van der Waals surface area contributed by atoms with Gasteiger partial charge in [-0.25, -0.2) is 4.39 Å². The highest BCUT2D eigenvalue weighted by Crippen LogP contribution is 2.22. The van der Waals surface area contributed by atoms with Crippen LogP contribution in [0.1, 0.15) is 43.7 Å². The van der Waals surface area contributed by atoms with Crippen molar-refractivity contribution in [2.75, 3.05) is 5.32 Å². The van der Waals surface area contributed by atoms with Gasteiger partial charge in [-0.2, -0.15) is 5.10 Å². The smallest absolute Gasteiger partial charge is 0.259 e. The van der Waals surface area contributed by atoms with Crippen LogP contribution in [0, 0.1) is 5.82 Å². The van der Waals surface area contributed by atoms with Gasteiger partial charge in [-0.05, 0) is 45.4 Å². The van der Waals surface area contributed by atoms with Crippen molar-refractivity contribution < 1.29 is 9.18 Å². The minimum Gasteiger partial charge on any atom is -0.322 e. The Bertz CT molecular complexity index is 704. The lowest BCUT2D eigenvalue weighted by molar-refractivity contribution is 0.102. The highest BCUT2D eigenvalue weighted by molar-refractivity contribution is 6.31. The maximum atomic E-state index is 13.2. The van der Waals surface area contributed by atoms with Crippen LogP contribution in [0.2, 0.25) is 5.02 Å². The lowest BCUT2D eigenvalue weighted by Crippen LogP contribution is -2.26. The molecule has 118 valence electrons. The van der Waals surface area contributed by atoms with E-state index in [0.717, 1.165) is 5.69 Å². The van der Waals surface area contributed by atoms with E-state index in [1.54, 1.807) is 6.20 Å². The number of carbonyl (C=O) groups excluding carboxylic acids is 1. The summed E-state index contributed by atoms with van der Waals surface area (Å²) in [6.07, 6.45) is 2.24. The molecule has 2 aromatic rings. The van der Waals surface area contributed by atoms with Crippen LogP contribution >= 0.6 is 11.6 Å².